The largest absolute Gasteiger partial charge is 0.320 e. The van der Waals surface area contributed by atoms with Crippen LogP contribution in [0.25, 0.3) is 16.8 Å². The van der Waals surface area contributed by atoms with E-state index in [1.165, 1.54) is 0 Å². The molecule has 3 aromatic rings. The molecular weight excluding hydrogens is 320 g/mol. The molecule has 0 radical (unpaired) electrons. The number of rotatable bonds is 3. The zero-order valence-electron chi connectivity index (χ0n) is 12.7. The number of halogens is 1. The number of fused-ring (bicyclic) bond motifs is 1. The van der Waals surface area contributed by atoms with Gasteiger partial charge in [-0.3, -0.25) is 4.79 Å². The summed E-state index contributed by atoms with van der Waals surface area (Å²) >= 11 is 6.04. The van der Waals surface area contributed by atoms with E-state index in [4.69, 9.17) is 11.6 Å². The number of nitrogens with one attached hydrogen (secondary N) is 1. The second kappa shape index (κ2) is 6.99. The molecule has 0 aliphatic heterocycles. The van der Waals surface area contributed by atoms with Crippen LogP contribution in [-0.2, 0) is 4.79 Å². The lowest BCUT2D eigenvalue weighted by Gasteiger charge is -2.07. The second-order valence-corrected chi connectivity index (χ2v) is 5.58. The number of para-hydroxylation sites is 1. The van der Waals surface area contributed by atoms with E-state index in [-0.39, 0.29) is 5.57 Å². The lowest BCUT2D eigenvalue weighted by atomic mass is 10.0. The van der Waals surface area contributed by atoms with Crippen molar-refractivity contribution in [3.05, 3.63) is 82.9 Å². The quantitative estimate of drug-likeness (QED) is 0.539. The number of nitrogens with zero attached hydrogens (tertiary/aromatic N) is 1. The number of amides is 1. The monoisotopic (exact) mass is 332 g/mol. The normalized spacial score (nSPS) is 11.1. The maximum absolute atomic E-state index is 12.4. The SMILES string of the molecule is N#C/C(=C\c1cccc2ccccc12)C(=O)Nc1ccccc1Cl. The van der Waals surface area contributed by atoms with Crippen LogP contribution in [0.1, 0.15) is 5.56 Å². The summed E-state index contributed by atoms with van der Waals surface area (Å²) in [6.45, 7) is 0. The Morgan fingerprint density at radius 2 is 1.71 bits per heavy atom. The molecule has 0 saturated carbocycles. The highest BCUT2D eigenvalue weighted by atomic mass is 35.5. The Morgan fingerprint density at radius 1 is 1.00 bits per heavy atom. The van der Waals surface area contributed by atoms with E-state index in [0.29, 0.717) is 10.7 Å². The highest BCUT2D eigenvalue weighted by molar-refractivity contribution is 6.34. The molecule has 0 bridgehead atoms. The maximum Gasteiger partial charge on any atom is 0.266 e. The van der Waals surface area contributed by atoms with Gasteiger partial charge >= 0.3 is 0 Å². The third-order valence-corrected chi connectivity index (χ3v) is 3.94. The Kier molecular flexibility index (Phi) is 4.60. The molecule has 3 aromatic carbocycles. The van der Waals surface area contributed by atoms with Crippen LogP contribution in [0.4, 0.5) is 5.69 Å². The molecule has 4 heteroatoms. The molecule has 3 nitrogen and oxygen atoms in total. The van der Waals surface area contributed by atoms with Gasteiger partial charge in [0, 0.05) is 0 Å². The van der Waals surface area contributed by atoms with E-state index >= 15 is 0 Å². The van der Waals surface area contributed by atoms with Gasteiger partial charge < -0.3 is 5.32 Å². The zero-order chi connectivity index (χ0) is 16.9. The summed E-state index contributed by atoms with van der Waals surface area (Å²) in [7, 11) is 0. The molecule has 0 unspecified atom stereocenters. The van der Waals surface area contributed by atoms with Crippen LogP contribution in [0.3, 0.4) is 0 Å². The van der Waals surface area contributed by atoms with Gasteiger partial charge in [0.1, 0.15) is 11.6 Å². The summed E-state index contributed by atoms with van der Waals surface area (Å²) in [5.41, 5.74) is 1.31. The minimum Gasteiger partial charge on any atom is -0.320 e. The Labute approximate surface area is 144 Å². The smallest absolute Gasteiger partial charge is 0.266 e. The van der Waals surface area contributed by atoms with Crippen LogP contribution >= 0.6 is 11.6 Å². The van der Waals surface area contributed by atoms with E-state index in [0.717, 1.165) is 16.3 Å². The summed E-state index contributed by atoms with van der Waals surface area (Å²) in [6.07, 6.45) is 1.59. The molecule has 24 heavy (non-hydrogen) atoms. The Hall–Kier alpha value is -3.09. The molecule has 0 heterocycles. The second-order valence-electron chi connectivity index (χ2n) is 5.17. The van der Waals surface area contributed by atoms with Crippen molar-refractivity contribution in [2.24, 2.45) is 0 Å². The lowest BCUT2D eigenvalue weighted by molar-refractivity contribution is -0.112. The van der Waals surface area contributed by atoms with Gasteiger partial charge in [-0.25, -0.2) is 0 Å². The number of hydrogen-bond donors (Lipinski definition) is 1. The molecule has 0 fully saturated rings. The number of hydrogen-bond acceptors (Lipinski definition) is 2. The lowest BCUT2D eigenvalue weighted by Crippen LogP contribution is -2.13. The first-order chi connectivity index (χ1) is 11.7. The molecule has 1 amide bonds. The van der Waals surface area contributed by atoms with E-state index in [9.17, 15) is 10.1 Å². The third kappa shape index (κ3) is 3.29. The fraction of sp³-hybridized carbons (Fsp3) is 0. The van der Waals surface area contributed by atoms with Gasteiger partial charge in [-0.2, -0.15) is 5.26 Å². The average molecular weight is 333 g/mol. The minimum absolute atomic E-state index is 0.0197. The van der Waals surface area contributed by atoms with Crippen LogP contribution in [0.5, 0.6) is 0 Å². The minimum atomic E-state index is -0.487. The van der Waals surface area contributed by atoms with E-state index in [1.807, 2.05) is 48.5 Å². The number of nitriles is 1. The average Bonchev–Trinajstić information content (AvgIpc) is 2.61. The van der Waals surface area contributed by atoms with E-state index in [2.05, 4.69) is 5.32 Å². The summed E-state index contributed by atoms with van der Waals surface area (Å²) < 4.78 is 0. The number of carbonyl (C=O) groups excluding carboxylic acids is 1. The van der Waals surface area contributed by atoms with Crippen LogP contribution in [0.2, 0.25) is 5.02 Å². The molecule has 0 atom stereocenters. The first-order valence-corrected chi connectivity index (χ1v) is 7.72. The molecule has 0 aliphatic carbocycles. The summed E-state index contributed by atoms with van der Waals surface area (Å²) in [5.74, 6) is -0.487. The van der Waals surface area contributed by atoms with E-state index < -0.39 is 5.91 Å². The first kappa shape index (κ1) is 15.8. The Bertz CT molecular complexity index is 981. The van der Waals surface area contributed by atoms with Gasteiger partial charge in [-0.05, 0) is 34.5 Å². The maximum atomic E-state index is 12.4. The fourth-order valence-electron chi connectivity index (χ4n) is 2.43. The fourth-order valence-corrected chi connectivity index (χ4v) is 2.62. The van der Waals surface area contributed by atoms with Crippen molar-refractivity contribution in [1.29, 1.82) is 5.26 Å². The Balaban J connectivity index is 1.96. The molecule has 0 spiro atoms. The van der Waals surface area contributed by atoms with Crippen molar-refractivity contribution in [3.8, 4) is 6.07 Å². The summed E-state index contributed by atoms with van der Waals surface area (Å²) in [6, 6.07) is 22.5. The van der Waals surface area contributed by atoms with Crippen LogP contribution < -0.4 is 5.32 Å². The van der Waals surface area contributed by atoms with Crippen molar-refractivity contribution in [3.63, 3.8) is 0 Å². The van der Waals surface area contributed by atoms with Gasteiger partial charge in [0.05, 0.1) is 10.7 Å². The highest BCUT2D eigenvalue weighted by Crippen LogP contribution is 2.23. The number of anilines is 1. The Morgan fingerprint density at radius 3 is 2.50 bits per heavy atom. The molecule has 3 rings (SSSR count). The molecule has 0 saturated heterocycles. The van der Waals surface area contributed by atoms with Gasteiger partial charge in [-0.1, -0.05) is 66.2 Å². The van der Waals surface area contributed by atoms with E-state index in [1.54, 1.807) is 30.3 Å². The van der Waals surface area contributed by atoms with Crippen molar-refractivity contribution in [2.45, 2.75) is 0 Å². The topological polar surface area (TPSA) is 52.9 Å². The van der Waals surface area contributed by atoms with Gasteiger partial charge in [0.15, 0.2) is 0 Å². The molecular formula is C20H13ClN2O. The summed E-state index contributed by atoms with van der Waals surface area (Å²) in [5, 5.41) is 14.5. The van der Waals surface area contributed by atoms with Gasteiger partial charge in [-0.15, -0.1) is 0 Å². The van der Waals surface area contributed by atoms with Crippen molar-refractivity contribution < 1.29 is 4.79 Å². The van der Waals surface area contributed by atoms with Crippen molar-refractivity contribution in [2.75, 3.05) is 5.32 Å². The van der Waals surface area contributed by atoms with Gasteiger partial charge in [0.2, 0.25) is 0 Å². The highest BCUT2D eigenvalue weighted by Gasteiger charge is 2.11. The van der Waals surface area contributed by atoms with Crippen LogP contribution in [0.15, 0.2) is 72.3 Å². The summed E-state index contributed by atoms with van der Waals surface area (Å²) in [4.78, 5) is 12.4. The molecule has 116 valence electrons. The third-order valence-electron chi connectivity index (χ3n) is 3.61. The van der Waals surface area contributed by atoms with Crippen molar-refractivity contribution >= 4 is 40.0 Å². The number of benzene rings is 3. The van der Waals surface area contributed by atoms with Gasteiger partial charge in [0.25, 0.3) is 5.91 Å². The zero-order valence-corrected chi connectivity index (χ0v) is 13.4. The number of carbonyl (C=O) groups is 1. The standard InChI is InChI=1S/C20H13ClN2O/c21-18-10-3-4-11-19(18)23-20(24)16(13-22)12-15-8-5-7-14-6-1-2-9-17(14)15/h1-12H,(H,23,24)/b16-12+. The van der Waals surface area contributed by atoms with Crippen LogP contribution in [-0.4, -0.2) is 5.91 Å². The van der Waals surface area contributed by atoms with Crippen LogP contribution in [0, 0.1) is 11.3 Å². The molecule has 0 aliphatic rings. The predicted octanol–water partition coefficient (Wildman–Crippen LogP) is 5.04. The first-order valence-electron chi connectivity index (χ1n) is 7.34. The van der Waals surface area contributed by atoms with Crippen molar-refractivity contribution in [1.82, 2.24) is 0 Å². The predicted molar refractivity (Wildman–Crippen MR) is 97.6 cm³/mol. The molecule has 0 aromatic heterocycles. The molecule has 1 N–H and O–H groups in total.